The molecule has 0 radical (unpaired) electrons. The number of aliphatic hydroxyl groups excluding tert-OH is 6. The highest BCUT2D eigenvalue weighted by molar-refractivity contribution is 5.91. The number of ether oxygens (including phenoxy) is 8. The molecule has 9 N–H and O–H groups in total. The molecule has 2 fully saturated rings. The van der Waals surface area contributed by atoms with E-state index in [0.717, 1.165) is 12.1 Å². The maximum absolute atomic E-state index is 13.0. The van der Waals surface area contributed by atoms with E-state index in [1.54, 1.807) is 12.1 Å². The quantitative estimate of drug-likeness (QED) is 0.0856. The Bertz CT molecular complexity index is 1320. The number of phenols is 3. The molecule has 0 amide bonds. The zero-order valence-corrected chi connectivity index (χ0v) is 25.4. The molecule has 2 aliphatic rings. The number of aromatic hydroxyl groups is 3. The van der Waals surface area contributed by atoms with E-state index in [1.807, 2.05) is 0 Å². The van der Waals surface area contributed by atoms with Crippen LogP contribution in [0, 0.1) is 0 Å². The summed E-state index contributed by atoms with van der Waals surface area (Å²) in [5.41, 5.74) is 0.00632. The molecular weight excluding hydrogens is 636 g/mol. The fourth-order valence-electron chi connectivity index (χ4n) is 5.02. The lowest BCUT2D eigenvalue weighted by molar-refractivity contribution is -0.332. The number of phenolic OH excluding ortho intramolecular Hbond substituents is 3. The van der Waals surface area contributed by atoms with Crippen LogP contribution in [0.1, 0.15) is 15.9 Å². The summed E-state index contributed by atoms with van der Waals surface area (Å²) in [6, 6.07) is 4.69. The first kappa shape index (κ1) is 36.2. The molecule has 2 heterocycles. The number of hydrogen-bond donors (Lipinski definition) is 9. The number of rotatable bonds is 12. The van der Waals surface area contributed by atoms with Gasteiger partial charge in [-0.1, -0.05) is 0 Å². The largest absolute Gasteiger partial charge is 0.504 e. The molecule has 4 rings (SSSR count). The number of benzene rings is 2. The average molecular weight is 675 g/mol. The van der Waals surface area contributed by atoms with Gasteiger partial charge in [0.25, 0.3) is 0 Å². The van der Waals surface area contributed by atoms with Crippen LogP contribution in [-0.2, 0) is 30.3 Å². The molecule has 47 heavy (non-hydrogen) atoms. The second-order valence-corrected chi connectivity index (χ2v) is 10.6. The predicted octanol–water partition coefficient (Wildman–Crippen LogP) is -2.17. The van der Waals surface area contributed by atoms with E-state index in [0.29, 0.717) is 22.8 Å². The standard InChI is InChI=1S/C29H38O18/c1-40-15-4-11(5-16(41-2)25(15)42-3)9-43-29-24(38)26(47-27(39)12-6-13(31)19(33)14(32)7-12)21(35)18(46-29)10-44-28-23(37)22(36)20(34)17(8-30)45-28/h4-7,17-18,20-24,26,28-38H,8-10H2,1-3H3/t17-,18-,20-,21-,22+,23-,24-,26+,28-,29-/m1/s1. The van der Waals surface area contributed by atoms with Gasteiger partial charge in [-0.05, 0) is 29.8 Å². The molecule has 0 bridgehead atoms. The highest BCUT2D eigenvalue weighted by atomic mass is 16.7. The maximum atomic E-state index is 13.0. The van der Waals surface area contributed by atoms with Crippen molar-refractivity contribution in [3.63, 3.8) is 0 Å². The highest BCUT2D eigenvalue weighted by Crippen LogP contribution is 2.39. The summed E-state index contributed by atoms with van der Waals surface area (Å²) in [5.74, 6) is -2.92. The fraction of sp³-hybridized carbons (Fsp3) is 0.552. The number of hydrogen-bond acceptors (Lipinski definition) is 18. The van der Waals surface area contributed by atoms with Gasteiger partial charge in [-0.3, -0.25) is 0 Å². The third-order valence-electron chi connectivity index (χ3n) is 7.60. The average Bonchev–Trinajstić information content (AvgIpc) is 3.06. The second kappa shape index (κ2) is 15.5. The van der Waals surface area contributed by atoms with Crippen molar-refractivity contribution in [2.75, 3.05) is 34.5 Å². The Kier molecular flexibility index (Phi) is 11.9. The number of esters is 1. The molecule has 10 atom stereocenters. The van der Waals surface area contributed by atoms with Crippen LogP contribution >= 0.6 is 0 Å². The van der Waals surface area contributed by atoms with Gasteiger partial charge >= 0.3 is 5.97 Å². The van der Waals surface area contributed by atoms with Crippen LogP contribution in [0.5, 0.6) is 34.5 Å². The van der Waals surface area contributed by atoms with Crippen LogP contribution in [0.4, 0.5) is 0 Å². The van der Waals surface area contributed by atoms with Crippen LogP contribution in [0.3, 0.4) is 0 Å². The number of aliphatic hydroxyl groups is 6. The van der Waals surface area contributed by atoms with Crippen LogP contribution in [-0.4, -0.2) is 148 Å². The Morgan fingerprint density at radius 1 is 0.723 bits per heavy atom. The van der Waals surface area contributed by atoms with Crippen molar-refractivity contribution >= 4 is 5.97 Å². The lowest BCUT2D eigenvalue weighted by Crippen LogP contribution is -2.62. The van der Waals surface area contributed by atoms with E-state index in [4.69, 9.17) is 37.9 Å². The normalized spacial score (nSPS) is 30.8. The van der Waals surface area contributed by atoms with Crippen molar-refractivity contribution in [1.82, 2.24) is 0 Å². The van der Waals surface area contributed by atoms with Crippen molar-refractivity contribution in [1.29, 1.82) is 0 Å². The van der Waals surface area contributed by atoms with Gasteiger partial charge in [-0.25, -0.2) is 4.79 Å². The molecule has 2 aromatic carbocycles. The Morgan fingerprint density at radius 2 is 1.30 bits per heavy atom. The van der Waals surface area contributed by atoms with Crippen molar-refractivity contribution in [3.8, 4) is 34.5 Å². The second-order valence-electron chi connectivity index (χ2n) is 10.6. The lowest BCUT2D eigenvalue weighted by atomic mass is 9.98. The maximum Gasteiger partial charge on any atom is 0.338 e. The lowest BCUT2D eigenvalue weighted by Gasteiger charge is -2.43. The molecule has 0 spiro atoms. The monoisotopic (exact) mass is 674 g/mol. The molecule has 2 saturated heterocycles. The predicted molar refractivity (Wildman–Crippen MR) is 152 cm³/mol. The summed E-state index contributed by atoms with van der Waals surface area (Å²) in [6.45, 7) is -1.61. The van der Waals surface area contributed by atoms with Gasteiger partial charge in [-0.2, -0.15) is 0 Å². The van der Waals surface area contributed by atoms with Gasteiger partial charge < -0.3 is 83.9 Å². The van der Waals surface area contributed by atoms with E-state index in [1.165, 1.54) is 21.3 Å². The molecule has 0 aromatic heterocycles. The molecule has 2 aromatic rings. The molecule has 0 aliphatic carbocycles. The molecule has 0 saturated carbocycles. The summed E-state index contributed by atoms with van der Waals surface area (Å²) >= 11 is 0. The number of carbonyl (C=O) groups excluding carboxylic acids is 1. The van der Waals surface area contributed by atoms with Crippen molar-refractivity contribution in [2.24, 2.45) is 0 Å². The van der Waals surface area contributed by atoms with Crippen LogP contribution in [0.25, 0.3) is 0 Å². The Labute approximate surface area is 267 Å². The van der Waals surface area contributed by atoms with Gasteiger partial charge in [-0.15, -0.1) is 0 Å². The Hall–Kier alpha value is -3.69. The van der Waals surface area contributed by atoms with Crippen molar-refractivity contribution in [2.45, 2.75) is 68.0 Å². The van der Waals surface area contributed by atoms with Gasteiger partial charge in [0.2, 0.25) is 5.75 Å². The van der Waals surface area contributed by atoms with Gasteiger partial charge in [0, 0.05) is 0 Å². The van der Waals surface area contributed by atoms with E-state index in [2.05, 4.69) is 0 Å². The van der Waals surface area contributed by atoms with E-state index in [-0.39, 0.29) is 6.61 Å². The number of methoxy groups -OCH3 is 3. The highest BCUT2D eigenvalue weighted by Gasteiger charge is 2.49. The molecular formula is C29H38O18. The minimum Gasteiger partial charge on any atom is -0.504 e. The molecule has 2 aliphatic heterocycles. The first-order valence-electron chi connectivity index (χ1n) is 14.1. The summed E-state index contributed by atoms with van der Waals surface area (Å²) in [7, 11) is 4.23. The molecule has 18 heteroatoms. The zero-order valence-electron chi connectivity index (χ0n) is 25.4. The van der Waals surface area contributed by atoms with Crippen molar-refractivity contribution in [3.05, 3.63) is 35.4 Å². The Morgan fingerprint density at radius 3 is 1.85 bits per heavy atom. The van der Waals surface area contributed by atoms with Gasteiger partial charge in [0.05, 0.1) is 46.7 Å². The SMILES string of the molecule is COc1cc(CO[C@@H]2O[C@H](CO[C@@H]3O[C@H](CO)[C@@H](O)[C@H](O)[C@H]3O)[C@@H](O)[C@H](OC(=O)c3cc(O)c(O)c(O)c3)[C@H]2O)cc(OC)c1OC. The first-order valence-corrected chi connectivity index (χ1v) is 14.1. The molecule has 262 valence electrons. The van der Waals surface area contributed by atoms with Crippen LogP contribution in [0.2, 0.25) is 0 Å². The fourth-order valence-corrected chi connectivity index (χ4v) is 5.02. The summed E-state index contributed by atoms with van der Waals surface area (Å²) < 4.78 is 43.7. The minimum atomic E-state index is -1.85. The van der Waals surface area contributed by atoms with Gasteiger partial charge in [0.15, 0.2) is 47.4 Å². The topological polar surface area (TPSA) is 273 Å². The third kappa shape index (κ3) is 7.73. The first-order chi connectivity index (χ1) is 22.3. The summed E-state index contributed by atoms with van der Waals surface area (Å²) in [4.78, 5) is 13.0. The molecule has 18 nitrogen and oxygen atoms in total. The summed E-state index contributed by atoms with van der Waals surface area (Å²) in [5, 5.41) is 91.4. The third-order valence-corrected chi connectivity index (χ3v) is 7.60. The smallest absolute Gasteiger partial charge is 0.338 e. The number of carbonyl (C=O) groups is 1. The Balaban J connectivity index is 1.57. The zero-order chi connectivity index (χ0) is 34.6. The van der Waals surface area contributed by atoms with Gasteiger partial charge in [0.1, 0.15) is 42.7 Å². The van der Waals surface area contributed by atoms with Crippen LogP contribution < -0.4 is 14.2 Å². The van der Waals surface area contributed by atoms with E-state index >= 15 is 0 Å². The van der Waals surface area contributed by atoms with E-state index in [9.17, 15) is 50.8 Å². The minimum absolute atomic E-state index is 0.255. The van der Waals surface area contributed by atoms with Crippen LogP contribution in [0.15, 0.2) is 24.3 Å². The summed E-state index contributed by atoms with van der Waals surface area (Å²) in [6.07, 6.45) is -16.6. The molecule has 0 unspecified atom stereocenters. The van der Waals surface area contributed by atoms with Crippen molar-refractivity contribution < 1.29 is 88.6 Å². The van der Waals surface area contributed by atoms with E-state index < -0.39 is 103 Å².